The van der Waals surface area contributed by atoms with Gasteiger partial charge in [0.25, 0.3) is 11.0 Å². The molecule has 0 aromatic heterocycles. The number of benzene rings is 1. The maximum atomic E-state index is 10.3. The van der Waals surface area contributed by atoms with Crippen LogP contribution in [-0.2, 0) is 21.8 Å². The van der Waals surface area contributed by atoms with Gasteiger partial charge < -0.3 is 5.73 Å². The van der Waals surface area contributed by atoms with Crippen LogP contribution in [0, 0.1) is 6.07 Å². The van der Waals surface area contributed by atoms with Crippen LogP contribution in [0.1, 0.15) is 5.56 Å². The van der Waals surface area contributed by atoms with Gasteiger partial charge in [0.2, 0.25) is 0 Å². The van der Waals surface area contributed by atoms with Crippen molar-refractivity contribution in [1.29, 1.82) is 0 Å². The van der Waals surface area contributed by atoms with Crippen LogP contribution < -0.4 is 10.8 Å². The first-order valence-corrected chi connectivity index (χ1v) is 5.00. The van der Waals surface area contributed by atoms with Crippen LogP contribution in [0.2, 0.25) is 0 Å². The van der Waals surface area contributed by atoms with Gasteiger partial charge in [0.05, 0.1) is 5.69 Å². The number of hydrogen-bond acceptors (Lipinski definition) is 5. The van der Waals surface area contributed by atoms with Gasteiger partial charge in [-0.05, 0) is 17.7 Å². The summed E-state index contributed by atoms with van der Waals surface area (Å²) >= 11 is 0. The topological polar surface area (TPSA) is 72.6 Å². The third-order valence-corrected chi connectivity index (χ3v) is 2.03. The van der Waals surface area contributed by atoms with Crippen LogP contribution in [0.3, 0.4) is 0 Å². The fourth-order valence-corrected chi connectivity index (χ4v) is 1.35. The van der Waals surface area contributed by atoms with Crippen molar-refractivity contribution in [3.05, 3.63) is 29.8 Å². The zero-order valence-corrected chi connectivity index (χ0v) is 8.53. The summed E-state index contributed by atoms with van der Waals surface area (Å²) in [7, 11) is -1.42. The molecule has 0 aliphatic carbocycles. The predicted molar refractivity (Wildman–Crippen MR) is 53.0 cm³/mol. The Morgan fingerprint density at radius 2 is 2.36 bits per heavy atom. The molecule has 1 aromatic rings. The molecule has 1 rings (SSSR count). The van der Waals surface area contributed by atoms with Gasteiger partial charge in [-0.1, -0.05) is 12.1 Å². The fourth-order valence-electron chi connectivity index (χ4n) is 1.06. The van der Waals surface area contributed by atoms with Gasteiger partial charge in [0.1, 0.15) is 0 Å². The van der Waals surface area contributed by atoms with E-state index in [0.29, 0.717) is 11.3 Å². The molecule has 5 nitrogen and oxygen atoms in total. The second-order valence-electron chi connectivity index (χ2n) is 2.54. The molecule has 0 unspecified atom stereocenters. The predicted octanol–water partition coefficient (Wildman–Crippen LogP) is -0.160. The SMILES string of the molecule is CN(O[SH](=O)=O)c1ccc[c]c1CN. The zero-order valence-electron chi connectivity index (χ0n) is 7.64. The largest absolute Gasteiger partial charge is 0.326 e. The first-order chi connectivity index (χ1) is 6.65. The molecule has 1 aromatic carbocycles. The molecule has 1 radical (unpaired) electrons. The highest BCUT2D eigenvalue weighted by Gasteiger charge is 2.06. The molecule has 14 heavy (non-hydrogen) atoms. The van der Waals surface area contributed by atoms with Crippen LogP contribution in [0.5, 0.6) is 0 Å². The monoisotopic (exact) mass is 215 g/mol. The second-order valence-corrected chi connectivity index (χ2v) is 3.15. The van der Waals surface area contributed by atoms with Crippen molar-refractivity contribution >= 4 is 16.7 Å². The lowest BCUT2D eigenvalue weighted by Crippen LogP contribution is -2.19. The Morgan fingerprint density at radius 1 is 1.64 bits per heavy atom. The van der Waals surface area contributed by atoms with Gasteiger partial charge in [-0.2, -0.15) is 4.28 Å². The first-order valence-electron chi connectivity index (χ1n) is 3.91. The van der Waals surface area contributed by atoms with E-state index in [1.165, 1.54) is 7.05 Å². The van der Waals surface area contributed by atoms with E-state index < -0.39 is 11.0 Å². The molecule has 6 heteroatoms. The van der Waals surface area contributed by atoms with Crippen LogP contribution in [0.15, 0.2) is 18.2 Å². The number of thiol groups is 1. The van der Waals surface area contributed by atoms with E-state index in [9.17, 15) is 8.42 Å². The molecule has 0 saturated heterocycles. The quantitative estimate of drug-likeness (QED) is 0.539. The summed E-state index contributed by atoms with van der Waals surface area (Å²) in [5.74, 6) is 0. The molecule has 0 atom stereocenters. The minimum atomic E-state index is -2.91. The normalized spacial score (nSPS) is 10.5. The summed E-state index contributed by atoms with van der Waals surface area (Å²) in [6.45, 7) is 0.277. The third kappa shape index (κ3) is 2.69. The summed E-state index contributed by atoms with van der Waals surface area (Å²) in [5.41, 5.74) is 6.75. The molecule has 0 aliphatic heterocycles. The van der Waals surface area contributed by atoms with E-state index >= 15 is 0 Å². The van der Waals surface area contributed by atoms with Crippen LogP contribution >= 0.6 is 0 Å². The number of hydroxylamine groups is 1. The molecule has 0 spiro atoms. The fraction of sp³-hybridized carbons (Fsp3) is 0.250. The van der Waals surface area contributed by atoms with Crippen molar-refractivity contribution in [3.8, 4) is 0 Å². The highest BCUT2D eigenvalue weighted by Crippen LogP contribution is 2.17. The highest BCUT2D eigenvalue weighted by atomic mass is 32.2. The molecule has 0 saturated carbocycles. The lowest BCUT2D eigenvalue weighted by Gasteiger charge is -2.16. The van der Waals surface area contributed by atoms with Gasteiger partial charge in [0.15, 0.2) is 0 Å². The Hall–Kier alpha value is -1.11. The number of anilines is 1. The van der Waals surface area contributed by atoms with Crippen LogP contribution in [0.4, 0.5) is 5.69 Å². The molecule has 0 bridgehead atoms. The van der Waals surface area contributed by atoms with Crippen molar-refractivity contribution in [2.45, 2.75) is 6.54 Å². The van der Waals surface area contributed by atoms with E-state index in [4.69, 9.17) is 5.73 Å². The maximum absolute atomic E-state index is 10.3. The summed E-state index contributed by atoms with van der Waals surface area (Å²) in [4.78, 5) is 0. The molecule has 0 fully saturated rings. The molecule has 2 N–H and O–H groups in total. The number of hydrogen-bond donors (Lipinski definition) is 2. The molecule has 0 heterocycles. The van der Waals surface area contributed by atoms with Gasteiger partial charge >= 0.3 is 0 Å². The lowest BCUT2D eigenvalue weighted by molar-refractivity contribution is 0.319. The van der Waals surface area contributed by atoms with Crippen LogP contribution in [0.25, 0.3) is 0 Å². The third-order valence-electron chi connectivity index (χ3n) is 1.65. The average molecular weight is 215 g/mol. The number of nitrogens with zero attached hydrogens (tertiary/aromatic N) is 1. The summed E-state index contributed by atoms with van der Waals surface area (Å²) in [6, 6.07) is 8.04. The Balaban J connectivity index is 2.93. The highest BCUT2D eigenvalue weighted by molar-refractivity contribution is 7.67. The zero-order chi connectivity index (χ0) is 10.6. The average Bonchev–Trinajstić information content (AvgIpc) is 2.16. The minimum Gasteiger partial charge on any atom is -0.326 e. The Labute approximate surface area is 84.2 Å². The van der Waals surface area contributed by atoms with Gasteiger partial charge in [-0.15, -0.1) is 0 Å². The first kappa shape index (κ1) is 11.0. The summed E-state index contributed by atoms with van der Waals surface area (Å²) in [6.07, 6.45) is 0. The van der Waals surface area contributed by atoms with E-state index in [2.05, 4.69) is 10.4 Å². The minimum absolute atomic E-state index is 0.277. The number of rotatable bonds is 4. The van der Waals surface area contributed by atoms with Crippen molar-refractivity contribution in [1.82, 2.24) is 0 Å². The van der Waals surface area contributed by atoms with Gasteiger partial charge in [-0.3, -0.25) is 0 Å². The maximum Gasteiger partial charge on any atom is 0.277 e. The molecular formula is C8H11N2O3S. The Kier molecular flexibility index (Phi) is 3.87. The summed E-state index contributed by atoms with van der Waals surface area (Å²) in [5, 5.41) is 1.14. The summed E-state index contributed by atoms with van der Waals surface area (Å²) < 4.78 is 25.1. The number of nitrogens with two attached hydrogens (primary N) is 1. The van der Waals surface area contributed by atoms with Gasteiger partial charge in [-0.25, -0.2) is 13.5 Å². The lowest BCUT2D eigenvalue weighted by atomic mass is 10.2. The second kappa shape index (κ2) is 4.94. The van der Waals surface area contributed by atoms with E-state index in [1.807, 2.05) is 0 Å². The van der Waals surface area contributed by atoms with Crippen LogP contribution in [-0.4, -0.2) is 15.5 Å². The standard InChI is InChI=1S/C8H11N2O3S/c1-10(13-14(11)12)8-5-3-2-4-7(8)6-9/h2-3,5,14H,6,9H2,1H3. The van der Waals surface area contributed by atoms with Gasteiger partial charge in [0, 0.05) is 13.6 Å². The molecule has 0 aliphatic rings. The van der Waals surface area contributed by atoms with Crippen molar-refractivity contribution in [3.63, 3.8) is 0 Å². The van der Waals surface area contributed by atoms with Crippen molar-refractivity contribution < 1.29 is 12.7 Å². The Morgan fingerprint density at radius 3 is 2.93 bits per heavy atom. The van der Waals surface area contributed by atoms with E-state index in [1.54, 1.807) is 18.2 Å². The van der Waals surface area contributed by atoms with Crippen molar-refractivity contribution in [2.24, 2.45) is 5.73 Å². The van der Waals surface area contributed by atoms with E-state index in [-0.39, 0.29) is 6.54 Å². The van der Waals surface area contributed by atoms with E-state index in [0.717, 1.165) is 5.06 Å². The molecule has 0 amide bonds. The molecular weight excluding hydrogens is 204 g/mol. The Bertz CT molecular complexity index is 371. The molecule has 77 valence electrons. The smallest absolute Gasteiger partial charge is 0.277 e. The van der Waals surface area contributed by atoms with Crippen molar-refractivity contribution in [2.75, 3.05) is 12.1 Å².